The summed E-state index contributed by atoms with van der Waals surface area (Å²) in [6, 6.07) is 9.62. The molecule has 6 nitrogen and oxygen atoms in total. The number of H-pyrrole nitrogens is 2. The Morgan fingerprint density at radius 2 is 2.16 bits per heavy atom. The number of benzene rings is 1. The van der Waals surface area contributed by atoms with Gasteiger partial charge in [0.2, 0.25) is 0 Å². The lowest BCUT2D eigenvalue weighted by atomic mass is 10.1. The average molecular weight is 331 g/mol. The average Bonchev–Trinajstić information content (AvgIpc) is 3.20. The fraction of sp³-hybridized carbons (Fsp3) is 0.105. The lowest BCUT2D eigenvalue weighted by Crippen LogP contribution is -2.22. The molecule has 124 valence electrons. The minimum atomic E-state index is -0.117. The van der Waals surface area contributed by atoms with Crippen molar-refractivity contribution >= 4 is 28.0 Å². The summed E-state index contributed by atoms with van der Waals surface area (Å²) in [4.78, 5) is 27.4. The van der Waals surface area contributed by atoms with Crippen molar-refractivity contribution in [3.05, 3.63) is 60.6 Å². The van der Waals surface area contributed by atoms with Crippen molar-refractivity contribution in [3.8, 4) is 11.3 Å². The van der Waals surface area contributed by atoms with Crippen molar-refractivity contribution in [2.45, 2.75) is 6.92 Å². The predicted octanol–water partition coefficient (Wildman–Crippen LogP) is 3.33. The van der Waals surface area contributed by atoms with Crippen molar-refractivity contribution in [2.75, 3.05) is 6.54 Å². The number of pyridine rings is 1. The third-order valence-corrected chi connectivity index (χ3v) is 4.09. The first kappa shape index (κ1) is 15.1. The van der Waals surface area contributed by atoms with Crippen LogP contribution in [-0.4, -0.2) is 32.4 Å². The standard InChI is InChI=1S/C19H17N5O/c1-3-7-21-19(25)13-5-4-12-9-16(24-15(12)10-13)14-6-8-20-18-17(14)22-11(2)23-18/h3-6,8-10,24H,1,7H2,2H3,(H,21,25)(H,20,22,23). The molecule has 0 fully saturated rings. The number of amides is 1. The number of rotatable bonds is 4. The molecule has 1 amide bonds. The summed E-state index contributed by atoms with van der Waals surface area (Å²) in [6.07, 6.45) is 3.40. The van der Waals surface area contributed by atoms with Crippen LogP contribution in [0.4, 0.5) is 0 Å². The van der Waals surface area contributed by atoms with Gasteiger partial charge in [0.1, 0.15) is 5.82 Å². The molecule has 0 bridgehead atoms. The highest BCUT2D eigenvalue weighted by Crippen LogP contribution is 2.29. The van der Waals surface area contributed by atoms with Crippen molar-refractivity contribution in [2.24, 2.45) is 0 Å². The molecule has 4 aromatic rings. The first-order chi connectivity index (χ1) is 12.2. The minimum Gasteiger partial charge on any atom is -0.354 e. The number of nitrogens with one attached hydrogen (secondary N) is 3. The monoisotopic (exact) mass is 331 g/mol. The third kappa shape index (κ3) is 2.67. The van der Waals surface area contributed by atoms with Gasteiger partial charge in [0, 0.05) is 40.5 Å². The van der Waals surface area contributed by atoms with Crippen LogP contribution < -0.4 is 5.32 Å². The highest BCUT2D eigenvalue weighted by atomic mass is 16.1. The largest absolute Gasteiger partial charge is 0.354 e. The maximum absolute atomic E-state index is 12.1. The summed E-state index contributed by atoms with van der Waals surface area (Å²) in [6.45, 7) is 5.96. The van der Waals surface area contributed by atoms with E-state index in [0.29, 0.717) is 17.8 Å². The van der Waals surface area contributed by atoms with E-state index in [1.165, 1.54) is 0 Å². The molecule has 0 radical (unpaired) electrons. The zero-order valence-electron chi connectivity index (χ0n) is 13.8. The molecular formula is C19H17N5O. The second kappa shape index (κ2) is 5.90. The smallest absolute Gasteiger partial charge is 0.251 e. The Kier molecular flexibility index (Phi) is 3.57. The molecular weight excluding hydrogens is 314 g/mol. The molecule has 25 heavy (non-hydrogen) atoms. The molecule has 0 atom stereocenters. The normalized spacial score (nSPS) is 11.1. The van der Waals surface area contributed by atoms with Gasteiger partial charge in [-0.1, -0.05) is 12.1 Å². The molecule has 3 heterocycles. The number of carbonyl (C=O) groups is 1. The second-order valence-corrected chi connectivity index (χ2v) is 5.86. The molecule has 4 rings (SSSR count). The van der Waals surface area contributed by atoms with E-state index >= 15 is 0 Å². The van der Waals surface area contributed by atoms with Gasteiger partial charge >= 0.3 is 0 Å². The van der Waals surface area contributed by atoms with Gasteiger partial charge in [-0.3, -0.25) is 4.79 Å². The molecule has 0 saturated carbocycles. The summed E-state index contributed by atoms with van der Waals surface area (Å²) in [5.74, 6) is 0.709. The summed E-state index contributed by atoms with van der Waals surface area (Å²) < 4.78 is 0. The number of fused-ring (bicyclic) bond motifs is 2. The summed E-state index contributed by atoms with van der Waals surface area (Å²) in [5.41, 5.74) is 5.06. The Labute approximate surface area is 144 Å². The van der Waals surface area contributed by atoms with E-state index in [0.717, 1.165) is 33.5 Å². The Morgan fingerprint density at radius 1 is 1.28 bits per heavy atom. The Morgan fingerprint density at radius 3 is 3.00 bits per heavy atom. The van der Waals surface area contributed by atoms with Crippen molar-refractivity contribution < 1.29 is 4.79 Å². The van der Waals surface area contributed by atoms with Crippen LogP contribution in [0.15, 0.2) is 49.2 Å². The number of hydrogen-bond donors (Lipinski definition) is 3. The van der Waals surface area contributed by atoms with Crippen molar-refractivity contribution in [1.82, 2.24) is 25.3 Å². The van der Waals surface area contributed by atoms with Crippen molar-refractivity contribution in [1.29, 1.82) is 0 Å². The first-order valence-corrected chi connectivity index (χ1v) is 7.99. The van der Waals surface area contributed by atoms with Crippen LogP contribution in [-0.2, 0) is 0 Å². The lowest BCUT2D eigenvalue weighted by molar-refractivity contribution is 0.0958. The summed E-state index contributed by atoms with van der Waals surface area (Å²) in [5, 5.41) is 3.82. The minimum absolute atomic E-state index is 0.117. The zero-order chi connectivity index (χ0) is 17.4. The van der Waals surface area contributed by atoms with E-state index in [-0.39, 0.29) is 5.91 Å². The lowest BCUT2D eigenvalue weighted by Gasteiger charge is -2.02. The molecule has 1 aromatic carbocycles. The van der Waals surface area contributed by atoms with Gasteiger partial charge in [0.05, 0.1) is 5.52 Å². The zero-order valence-corrected chi connectivity index (χ0v) is 13.8. The van der Waals surface area contributed by atoms with Crippen molar-refractivity contribution in [3.63, 3.8) is 0 Å². The van der Waals surface area contributed by atoms with E-state index in [4.69, 9.17) is 0 Å². The molecule has 0 aliphatic carbocycles. The van der Waals surface area contributed by atoms with Crippen LogP contribution in [0.2, 0.25) is 0 Å². The number of aromatic nitrogens is 4. The number of aryl methyl sites for hydroxylation is 1. The SMILES string of the molecule is C=CCNC(=O)c1ccc2cc(-c3ccnc4nc(C)[nH]c34)[nH]c2c1. The molecule has 0 spiro atoms. The fourth-order valence-corrected chi connectivity index (χ4v) is 2.93. The molecule has 0 unspecified atom stereocenters. The summed E-state index contributed by atoms with van der Waals surface area (Å²) in [7, 11) is 0. The number of carbonyl (C=O) groups excluding carboxylic acids is 1. The van der Waals surface area contributed by atoms with Crippen LogP contribution in [0.25, 0.3) is 33.3 Å². The topological polar surface area (TPSA) is 86.5 Å². The van der Waals surface area contributed by atoms with Crippen LogP contribution >= 0.6 is 0 Å². The Hall–Kier alpha value is -3.41. The Bertz CT molecular complexity index is 1110. The Balaban J connectivity index is 1.78. The van der Waals surface area contributed by atoms with E-state index in [2.05, 4.69) is 37.9 Å². The third-order valence-electron chi connectivity index (χ3n) is 4.09. The van der Waals surface area contributed by atoms with Gasteiger partial charge in [-0.2, -0.15) is 0 Å². The van der Waals surface area contributed by atoms with Crippen LogP contribution in [0.5, 0.6) is 0 Å². The maximum atomic E-state index is 12.1. The van der Waals surface area contributed by atoms with Gasteiger partial charge in [-0.15, -0.1) is 6.58 Å². The molecule has 3 N–H and O–H groups in total. The van der Waals surface area contributed by atoms with Gasteiger partial charge < -0.3 is 15.3 Å². The van der Waals surface area contributed by atoms with Gasteiger partial charge in [-0.25, -0.2) is 9.97 Å². The second-order valence-electron chi connectivity index (χ2n) is 5.86. The molecule has 0 aliphatic heterocycles. The van der Waals surface area contributed by atoms with Crippen LogP contribution in [0.1, 0.15) is 16.2 Å². The highest BCUT2D eigenvalue weighted by molar-refractivity contribution is 6.00. The van der Waals surface area contributed by atoms with E-state index in [9.17, 15) is 4.79 Å². The predicted molar refractivity (Wildman–Crippen MR) is 98.4 cm³/mol. The maximum Gasteiger partial charge on any atom is 0.251 e. The van der Waals surface area contributed by atoms with E-state index < -0.39 is 0 Å². The quantitative estimate of drug-likeness (QED) is 0.501. The number of nitrogens with zero attached hydrogens (tertiary/aromatic N) is 2. The van der Waals surface area contributed by atoms with Gasteiger partial charge in [-0.05, 0) is 31.2 Å². The van der Waals surface area contributed by atoms with Crippen LogP contribution in [0, 0.1) is 6.92 Å². The highest BCUT2D eigenvalue weighted by Gasteiger charge is 2.12. The summed E-state index contributed by atoms with van der Waals surface area (Å²) >= 11 is 0. The number of aromatic amines is 2. The van der Waals surface area contributed by atoms with Crippen LogP contribution in [0.3, 0.4) is 0 Å². The molecule has 3 aromatic heterocycles. The van der Waals surface area contributed by atoms with E-state index in [1.54, 1.807) is 12.3 Å². The number of imidazole rings is 1. The molecule has 0 saturated heterocycles. The van der Waals surface area contributed by atoms with Gasteiger partial charge in [0.25, 0.3) is 5.91 Å². The molecule has 0 aliphatic rings. The van der Waals surface area contributed by atoms with E-state index in [1.807, 2.05) is 31.2 Å². The first-order valence-electron chi connectivity index (χ1n) is 7.99. The number of hydrogen-bond acceptors (Lipinski definition) is 3. The van der Waals surface area contributed by atoms with Gasteiger partial charge in [0.15, 0.2) is 5.65 Å². The fourth-order valence-electron chi connectivity index (χ4n) is 2.93. The molecule has 6 heteroatoms.